The quantitative estimate of drug-likeness (QED) is 0.482. The van der Waals surface area contributed by atoms with Crippen LogP contribution in [0.25, 0.3) is 11.2 Å². The van der Waals surface area contributed by atoms with Crippen LogP contribution < -0.4 is 5.69 Å². The smallest absolute Gasteiger partial charge is 0.332 e. The van der Waals surface area contributed by atoms with E-state index in [1.807, 2.05) is 0 Å². The summed E-state index contributed by atoms with van der Waals surface area (Å²) in [6, 6.07) is 1.06. The Labute approximate surface area is 123 Å². The first-order chi connectivity index (χ1) is 9.29. The first kappa shape index (κ1) is 15.2. The van der Waals surface area contributed by atoms with Crippen LogP contribution in [0.5, 0.6) is 0 Å². The van der Waals surface area contributed by atoms with Gasteiger partial charge in [-0.05, 0) is 17.6 Å². The average Bonchev–Trinajstić information content (AvgIpc) is 2.58. The first-order valence-electron chi connectivity index (χ1n) is 6.45. The van der Waals surface area contributed by atoms with Gasteiger partial charge in [0, 0.05) is 21.7 Å². The molecule has 2 heterocycles. The highest BCUT2D eigenvalue weighted by atomic mass is 35.5. The second-order valence-electron chi connectivity index (χ2n) is 5.97. The lowest BCUT2D eigenvalue weighted by atomic mass is 10.5. The predicted octanol–water partition coefficient (Wildman–Crippen LogP) is 2.10. The van der Waals surface area contributed by atoms with Crippen LogP contribution in [0.3, 0.4) is 0 Å². The van der Waals surface area contributed by atoms with Gasteiger partial charge in [-0.15, -0.1) is 0 Å². The van der Waals surface area contributed by atoms with Crippen LogP contribution in [0.4, 0.5) is 0 Å². The molecule has 8 heteroatoms. The largest absolute Gasteiger partial charge is 0.361 e. The van der Waals surface area contributed by atoms with Gasteiger partial charge in [0.1, 0.15) is 12.2 Å². The first-order valence-corrected chi connectivity index (χ1v) is 10.5. The van der Waals surface area contributed by atoms with Gasteiger partial charge < -0.3 is 4.74 Å². The molecule has 0 spiro atoms. The molecule has 0 aliphatic heterocycles. The Morgan fingerprint density at radius 1 is 1.40 bits per heavy atom. The monoisotopic (exact) mass is 314 g/mol. The lowest BCUT2D eigenvalue weighted by molar-refractivity contribution is 0.0873. The summed E-state index contributed by atoms with van der Waals surface area (Å²) >= 11 is 5.76. The molecule has 2 aromatic rings. The summed E-state index contributed by atoms with van der Waals surface area (Å²) in [4.78, 5) is 20.1. The second kappa shape index (κ2) is 5.67. The Kier molecular flexibility index (Phi) is 4.31. The molecule has 0 amide bonds. The molecular formula is C12H19ClN4O2Si. The van der Waals surface area contributed by atoms with Gasteiger partial charge in [0.2, 0.25) is 5.28 Å². The minimum Gasteiger partial charge on any atom is -0.361 e. The molecular weight excluding hydrogens is 296 g/mol. The van der Waals surface area contributed by atoms with E-state index < -0.39 is 8.07 Å². The maximum atomic E-state index is 12.1. The molecule has 2 rings (SSSR count). The van der Waals surface area contributed by atoms with Crippen LogP contribution in [-0.4, -0.2) is 33.8 Å². The maximum Gasteiger partial charge on any atom is 0.332 e. The number of ether oxygens (including phenoxy) is 1. The van der Waals surface area contributed by atoms with E-state index in [2.05, 4.69) is 29.6 Å². The zero-order valence-electron chi connectivity index (χ0n) is 12.2. The minimum atomic E-state index is -1.12. The van der Waals surface area contributed by atoms with Crippen molar-refractivity contribution in [2.24, 2.45) is 7.05 Å². The molecule has 0 atom stereocenters. The summed E-state index contributed by atoms with van der Waals surface area (Å²) in [5.41, 5.74) is 0.975. The molecule has 6 nitrogen and oxygen atoms in total. The molecule has 0 saturated carbocycles. The van der Waals surface area contributed by atoms with Crippen molar-refractivity contribution in [3.8, 4) is 0 Å². The molecule has 0 N–H and O–H groups in total. The van der Waals surface area contributed by atoms with Crippen LogP contribution in [0.1, 0.15) is 0 Å². The van der Waals surface area contributed by atoms with Gasteiger partial charge in [-0.1, -0.05) is 19.6 Å². The maximum absolute atomic E-state index is 12.1. The molecule has 20 heavy (non-hydrogen) atoms. The van der Waals surface area contributed by atoms with Crippen molar-refractivity contribution in [2.75, 3.05) is 6.61 Å². The fourth-order valence-corrected chi connectivity index (χ4v) is 2.70. The topological polar surface area (TPSA) is 61.9 Å². The van der Waals surface area contributed by atoms with Crippen LogP contribution >= 0.6 is 11.6 Å². The van der Waals surface area contributed by atoms with Crippen molar-refractivity contribution in [3.05, 3.63) is 22.0 Å². The van der Waals surface area contributed by atoms with Crippen LogP contribution in [-0.2, 0) is 18.5 Å². The normalized spacial score (nSPS) is 12.2. The lowest BCUT2D eigenvalue weighted by Crippen LogP contribution is -2.25. The number of hydrogen-bond acceptors (Lipinski definition) is 4. The zero-order chi connectivity index (χ0) is 14.9. The molecule has 0 aliphatic rings. The van der Waals surface area contributed by atoms with Gasteiger partial charge in [0.25, 0.3) is 0 Å². The molecule has 0 bridgehead atoms. The summed E-state index contributed by atoms with van der Waals surface area (Å²) in [5.74, 6) is 0. The van der Waals surface area contributed by atoms with Crippen molar-refractivity contribution in [1.29, 1.82) is 0 Å². The van der Waals surface area contributed by atoms with Crippen LogP contribution in [0.15, 0.2) is 11.0 Å². The van der Waals surface area contributed by atoms with Crippen molar-refractivity contribution >= 4 is 30.8 Å². The number of rotatable bonds is 5. The average molecular weight is 315 g/mol. The second-order valence-corrected chi connectivity index (χ2v) is 11.9. The highest BCUT2D eigenvalue weighted by molar-refractivity contribution is 6.76. The Hall–Kier alpha value is -1.18. The predicted molar refractivity (Wildman–Crippen MR) is 81.9 cm³/mol. The van der Waals surface area contributed by atoms with Crippen molar-refractivity contribution < 1.29 is 4.74 Å². The summed E-state index contributed by atoms with van der Waals surface area (Å²) in [6.45, 7) is 7.74. The molecule has 0 aromatic carbocycles. The molecule has 0 saturated heterocycles. The number of aryl methyl sites for hydroxylation is 1. The fraction of sp³-hybridized carbons (Fsp3) is 0.583. The van der Waals surface area contributed by atoms with E-state index in [1.54, 1.807) is 13.2 Å². The summed E-state index contributed by atoms with van der Waals surface area (Å²) in [6.07, 6.45) is 1.55. The zero-order valence-corrected chi connectivity index (χ0v) is 13.9. The molecule has 110 valence electrons. The van der Waals surface area contributed by atoms with E-state index in [0.717, 1.165) is 6.04 Å². The third-order valence-corrected chi connectivity index (χ3v) is 4.95. The number of hydrogen-bond donors (Lipinski definition) is 0. The molecule has 0 fully saturated rings. The summed E-state index contributed by atoms with van der Waals surface area (Å²) < 4.78 is 8.60. The Bertz CT molecular complexity index is 674. The molecule has 0 aliphatic carbocycles. The van der Waals surface area contributed by atoms with E-state index in [4.69, 9.17) is 16.3 Å². The third kappa shape index (κ3) is 3.28. The van der Waals surface area contributed by atoms with E-state index in [1.165, 1.54) is 9.13 Å². The van der Waals surface area contributed by atoms with Crippen molar-refractivity contribution in [2.45, 2.75) is 32.4 Å². The van der Waals surface area contributed by atoms with Crippen LogP contribution in [0, 0.1) is 0 Å². The van der Waals surface area contributed by atoms with Gasteiger partial charge in [0.15, 0.2) is 5.65 Å². The Morgan fingerprint density at radius 2 is 2.10 bits per heavy atom. The number of halogens is 1. The summed E-state index contributed by atoms with van der Waals surface area (Å²) in [7, 11) is 0.535. The highest BCUT2D eigenvalue weighted by Gasteiger charge is 2.15. The number of imidazole rings is 1. The number of nitrogens with zero attached hydrogens (tertiary/aromatic N) is 4. The Morgan fingerprint density at radius 3 is 2.75 bits per heavy atom. The van der Waals surface area contributed by atoms with Gasteiger partial charge in [-0.3, -0.25) is 9.13 Å². The minimum absolute atomic E-state index is 0.130. The van der Waals surface area contributed by atoms with E-state index >= 15 is 0 Å². The molecule has 2 aromatic heterocycles. The number of fused-ring (bicyclic) bond motifs is 1. The SMILES string of the molecule is Cn1c(=O)n(COCC[Si](C)(C)C)c2cnc(Cl)nc21. The third-order valence-electron chi connectivity index (χ3n) is 3.06. The van der Waals surface area contributed by atoms with Gasteiger partial charge >= 0.3 is 5.69 Å². The molecule has 0 radical (unpaired) electrons. The Balaban J connectivity index is 2.18. The lowest BCUT2D eigenvalue weighted by Gasteiger charge is -2.15. The number of aromatic nitrogens is 4. The van der Waals surface area contributed by atoms with Crippen LogP contribution in [0.2, 0.25) is 31.0 Å². The summed E-state index contributed by atoms with van der Waals surface area (Å²) in [5, 5.41) is 0.130. The van der Waals surface area contributed by atoms with Crippen molar-refractivity contribution in [3.63, 3.8) is 0 Å². The van der Waals surface area contributed by atoms with Gasteiger partial charge in [-0.2, -0.15) is 4.98 Å². The van der Waals surface area contributed by atoms with E-state index in [-0.39, 0.29) is 17.7 Å². The standard InChI is InChI=1S/C12H19ClN4O2Si/c1-16-10-9(7-14-11(13)15-10)17(12(16)18)8-19-5-6-20(2,3)4/h7H,5-6,8H2,1-4H3. The highest BCUT2D eigenvalue weighted by Crippen LogP contribution is 2.12. The van der Waals surface area contributed by atoms with Crippen molar-refractivity contribution in [1.82, 2.24) is 19.1 Å². The van der Waals surface area contributed by atoms with E-state index in [0.29, 0.717) is 17.8 Å². The van der Waals surface area contributed by atoms with Gasteiger partial charge in [0.05, 0.1) is 6.20 Å². The molecule has 0 unspecified atom stereocenters. The van der Waals surface area contributed by atoms with Gasteiger partial charge in [-0.25, -0.2) is 9.78 Å². The van der Waals surface area contributed by atoms with E-state index in [9.17, 15) is 4.79 Å². The fourth-order valence-electron chi connectivity index (χ4n) is 1.82.